The Morgan fingerprint density at radius 2 is 1.68 bits per heavy atom. The van der Waals surface area contributed by atoms with Gasteiger partial charge < -0.3 is 19.7 Å². The zero-order valence-corrected chi connectivity index (χ0v) is 20.9. The van der Waals surface area contributed by atoms with E-state index in [0.29, 0.717) is 30.2 Å². The zero-order valence-electron chi connectivity index (χ0n) is 20.0. The number of methoxy groups -OCH3 is 2. The van der Waals surface area contributed by atoms with Crippen LogP contribution in [0.3, 0.4) is 0 Å². The summed E-state index contributed by atoms with van der Waals surface area (Å²) in [6.07, 6.45) is 1.43. The van der Waals surface area contributed by atoms with Crippen molar-refractivity contribution in [2.24, 2.45) is 5.92 Å². The van der Waals surface area contributed by atoms with Crippen LogP contribution >= 0.6 is 0 Å². The van der Waals surface area contributed by atoms with Gasteiger partial charge in [0, 0.05) is 43.0 Å². The second-order valence-electron chi connectivity index (χ2n) is 8.50. The summed E-state index contributed by atoms with van der Waals surface area (Å²) in [5.41, 5.74) is 1.94. The molecule has 1 unspecified atom stereocenters. The number of benzene rings is 2. The summed E-state index contributed by atoms with van der Waals surface area (Å²) in [6, 6.07) is 8.58. The molecule has 1 heterocycles. The molecule has 2 aromatic carbocycles. The molecule has 10 heteroatoms. The van der Waals surface area contributed by atoms with Gasteiger partial charge in [0.05, 0.1) is 19.1 Å². The Bertz CT molecular complexity index is 1160. The summed E-state index contributed by atoms with van der Waals surface area (Å²) in [6.45, 7) is 5.62. The van der Waals surface area contributed by atoms with Crippen molar-refractivity contribution < 1.29 is 27.5 Å². The molecular weight excluding hydrogens is 458 g/mol. The number of fused-ring (bicyclic) bond motifs is 1. The Kier molecular flexibility index (Phi) is 7.83. The molecule has 0 aliphatic carbocycles. The van der Waals surface area contributed by atoms with Crippen molar-refractivity contribution in [3.05, 3.63) is 42.0 Å². The summed E-state index contributed by atoms with van der Waals surface area (Å²) in [5.74, 6) is 0.0677. The van der Waals surface area contributed by atoms with Crippen molar-refractivity contribution in [3.63, 3.8) is 0 Å². The number of rotatable bonds is 8. The van der Waals surface area contributed by atoms with E-state index in [0.717, 1.165) is 17.7 Å². The number of anilines is 2. The molecule has 2 N–H and O–H groups in total. The van der Waals surface area contributed by atoms with Crippen LogP contribution in [-0.2, 0) is 26.0 Å². The highest BCUT2D eigenvalue weighted by Crippen LogP contribution is 2.30. The summed E-state index contributed by atoms with van der Waals surface area (Å²) in [7, 11) is -1.00. The maximum Gasteiger partial charge on any atom is 0.242 e. The molecular formula is C24H31N3O6S. The number of aryl methyl sites for hydroxylation is 1. The molecule has 0 spiro atoms. The van der Waals surface area contributed by atoms with Gasteiger partial charge in [0.15, 0.2) is 0 Å². The number of carbonyl (C=O) groups excluding carboxylic acids is 2. The molecule has 1 atom stereocenters. The van der Waals surface area contributed by atoms with Crippen molar-refractivity contribution in [3.8, 4) is 11.5 Å². The van der Waals surface area contributed by atoms with Crippen LogP contribution in [-0.4, -0.2) is 47.0 Å². The van der Waals surface area contributed by atoms with E-state index < -0.39 is 22.0 Å². The van der Waals surface area contributed by atoms with Gasteiger partial charge in [0.1, 0.15) is 17.5 Å². The largest absolute Gasteiger partial charge is 0.497 e. The highest BCUT2D eigenvalue weighted by atomic mass is 32.2. The summed E-state index contributed by atoms with van der Waals surface area (Å²) in [4.78, 5) is 26.7. The number of hydrogen-bond acceptors (Lipinski definition) is 6. The third-order valence-electron chi connectivity index (χ3n) is 5.71. The molecule has 184 valence electrons. The van der Waals surface area contributed by atoms with E-state index in [4.69, 9.17) is 9.47 Å². The van der Waals surface area contributed by atoms with Crippen LogP contribution in [0.15, 0.2) is 41.3 Å². The lowest BCUT2D eigenvalue weighted by atomic mass is 10.0. The van der Waals surface area contributed by atoms with Gasteiger partial charge in [0.2, 0.25) is 21.8 Å². The van der Waals surface area contributed by atoms with Crippen LogP contribution in [0.5, 0.6) is 11.5 Å². The number of nitrogens with zero attached hydrogens (tertiary/aromatic N) is 1. The van der Waals surface area contributed by atoms with Gasteiger partial charge in [-0.05, 0) is 42.5 Å². The Morgan fingerprint density at radius 3 is 2.24 bits per heavy atom. The number of ether oxygens (including phenoxy) is 2. The highest BCUT2D eigenvalue weighted by Gasteiger charge is 2.30. The number of carbonyl (C=O) groups is 2. The fourth-order valence-corrected chi connectivity index (χ4v) is 5.29. The van der Waals surface area contributed by atoms with E-state index in [-0.39, 0.29) is 16.7 Å². The van der Waals surface area contributed by atoms with Crippen LogP contribution in [0.2, 0.25) is 0 Å². The van der Waals surface area contributed by atoms with E-state index in [1.165, 1.54) is 27.2 Å². The van der Waals surface area contributed by atoms with Gasteiger partial charge in [-0.1, -0.05) is 13.8 Å². The first-order valence-electron chi connectivity index (χ1n) is 11.0. The average Bonchev–Trinajstić information content (AvgIpc) is 2.81. The third-order valence-corrected chi connectivity index (χ3v) is 7.15. The molecule has 1 aliphatic rings. The predicted octanol–water partition coefficient (Wildman–Crippen LogP) is 2.94. The fourth-order valence-electron chi connectivity index (χ4n) is 3.89. The molecule has 0 saturated heterocycles. The van der Waals surface area contributed by atoms with Crippen molar-refractivity contribution in [2.45, 2.75) is 44.6 Å². The summed E-state index contributed by atoms with van der Waals surface area (Å²) in [5, 5.41) is 2.74. The van der Waals surface area contributed by atoms with E-state index >= 15 is 0 Å². The first kappa shape index (κ1) is 25.5. The molecule has 0 saturated carbocycles. The molecule has 3 rings (SSSR count). The maximum atomic E-state index is 13.2. The van der Waals surface area contributed by atoms with Crippen LogP contribution in [0.1, 0.15) is 32.8 Å². The quantitative estimate of drug-likeness (QED) is 0.589. The van der Waals surface area contributed by atoms with Gasteiger partial charge in [-0.2, -0.15) is 4.72 Å². The minimum atomic E-state index is -4.00. The highest BCUT2D eigenvalue weighted by molar-refractivity contribution is 7.89. The minimum Gasteiger partial charge on any atom is -0.497 e. The molecule has 34 heavy (non-hydrogen) atoms. The SMILES string of the molecule is COc1cc(NC(=O)C(NS(=O)(=O)c2ccc3c(c2)CCCN3C(C)=O)C(C)C)cc(OC)c1. The molecule has 2 aromatic rings. The lowest BCUT2D eigenvalue weighted by Gasteiger charge is -2.29. The smallest absolute Gasteiger partial charge is 0.242 e. The van der Waals surface area contributed by atoms with Gasteiger partial charge in [0.25, 0.3) is 0 Å². The van der Waals surface area contributed by atoms with Crippen LogP contribution < -0.4 is 24.4 Å². The molecule has 0 radical (unpaired) electrons. The van der Waals surface area contributed by atoms with Gasteiger partial charge in [-0.15, -0.1) is 0 Å². The minimum absolute atomic E-state index is 0.0538. The summed E-state index contributed by atoms with van der Waals surface area (Å²) < 4.78 is 39.4. The lowest BCUT2D eigenvalue weighted by Crippen LogP contribution is -2.47. The molecule has 0 aromatic heterocycles. The van der Waals surface area contributed by atoms with E-state index in [1.807, 2.05) is 0 Å². The molecule has 9 nitrogen and oxygen atoms in total. The Labute approximate surface area is 200 Å². The third kappa shape index (κ3) is 5.68. The van der Waals surface area contributed by atoms with Gasteiger partial charge >= 0.3 is 0 Å². The molecule has 0 bridgehead atoms. The Hall–Kier alpha value is -3.11. The van der Waals surface area contributed by atoms with Crippen LogP contribution in [0, 0.1) is 5.92 Å². The topological polar surface area (TPSA) is 114 Å². The first-order valence-corrected chi connectivity index (χ1v) is 12.5. The number of sulfonamides is 1. The van der Waals surface area contributed by atoms with Crippen molar-refractivity contribution >= 4 is 33.2 Å². The van der Waals surface area contributed by atoms with Gasteiger partial charge in [-0.3, -0.25) is 9.59 Å². The van der Waals surface area contributed by atoms with E-state index in [1.54, 1.807) is 49.1 Å². The van der Waals surface area contributed by atoms with Crippen molar-refractivity contribution in [2.75, 3.05) is 31.0 Å². The van der Waals surface area contributed by atoms with Gasteiger partial charge in [-0.25, -0.2) is 8.42 Å². The van der Waals surface area contributed by atoms with E-state index in [2.05, 4.69) is 10.0 Å². The van der Waals surface area contributed by atoms with Crippen molar-refractivity contribution in [1.82, 2.24) is 4.72 Å². The lowest BCUT2D eigenvalue weighted by molar-refractivity contribution is -0.118. The molecule has 2 amide bonds. The maximum absolute atomic E-state index is 13.2. The number of nitrogens with one attached hydrogen (secondary N) is 2. The number of hydrogen-bond donors (Lipinski definition) is 2. The normalized spacial score (nSPS) is 14.4. The molecule has 0 fully saturated rings. The average molecular weight is 490 g/mol. The second kappa shape index (κ2) is 10.4. The molecule has 1 aliphatic heterocycles. The second-order valence-corrected chi connectivity index (χ2v) is 10.2. The van der Waals surface area contributed by atoms with E-state index in [9.17, 15) is 18.0 Å². The fraction of sp³-hybridized carbons (Fsp3) is 0.417. The predicted molar refractivity (Wildman–Crippen MR) is 130 cm³/mol. The monoisotopic (exact) mass is 489 g/mol. The summed E-state index contributed by atoms with van der Waals surface area (Å²) >= 11 is 0. The standard InChI is InChI=1S/C24H31N3O6S/c1-15(2)23(24(29)25-18-12-19(32-4)14-20(13-18)33-5)26-34(30,31)21-8-9-22-17(11-21)7-6-10-27(22)16(3)28/h8-9,11-15,23,26H,6-7,10H2,1-5H3,(H,25,29). The first-order chi connectivity index (χ1) is 16.1. The Morgan fingerprint density at radius 1 is 1.03 bits per heavy atom. The van der Waals surface area contributed by atoms with Crippen LogP contribution in [0.25, 0.3) is 0 Å². The Balaban J connectivity index is 1.84. The number of amides is 2. The van der Waals surface area contributed by atoms with Crippen molar-refractivity contribution in [1.29, 1.82) is 0 Å². The van der Waals surface area contributed by atoms with Crippen LogP contribution in [0.4, 0.5) is 11.4 Å². The zero-order chi connectivity index (χ0) is 25.0.